The molecule has 5 nitrogen and oxygen atoms in total. The monoisotopic (exact) mass is 222 g/mol. The molecule has 0 amide bonds. The Kier molecular flexibility index (Phi) is 5.45. The Morgan fingerprint density at radius 3 is 2.81 bits per heavy atom. The van der Waals surface area contributed by atoms with Crippen LogP contribution in [0.2, 0.25) is 0 Å². The molecule has 16 heavy (non-hydrogen) atoms. The van der Waals surface area contributed by atoms with Crippen LogP contribution in [0.4, 0.5) is 5.82 Å². The summed E-state index contributed by atoms with van der Waals surface area (Å²) in [7, 11) is 1.68. The van der Waals surface area contributed by atoms with E-state index in [0.717, 1.165) is 24.6 Å². The lowest BCUT2D eigenvalue weighted by Crippen LogP contribution is -2.28. The first-order chi connectivity index (χ1) is 7.81. The van der Waals surface area contributed by atoms with Crippen molar-refractivity contribution < 1.29 is 4.74 Å². The maximum absolute atomic E-state index is 5.46. The number of nitrogens with two attached hydrogens (primary N) is 1. The Morgan fingerprint density at radius 1 is 1.50 bits per heavy atom. The molecule has 0 aliphatic carbocycles. The minimum Gasteiger partial charge on any atom is -0.383 e. The third-order valence-corrected chi connectivity index (χ3v) is 2.14. The highest BCUT2D eigenvalue weighted by Gasteiger charge is 2.06. The molecule has 0 aromatic carbocycles. The molecule has 0 atom stereocenters. The summed E-state index contributed by atoms with van der Waals surface area (Å²) in [5, 5.41) is 0. The average molecular weight is 222 g/mol. The van der Waals surface area contributed by atoms with Crippen molar-refractivity contribution in [1.29, 1.82) is 0 Å². The van der Waals surface area contributed by atoms with Gasteiger partial charge in [-0.15, -0.1) is 6.58 Å². The molecule has 0 unspecified atom stereocenters. The van der Waals surface area contributed by atoms with E-state index < -0.39 is 0 Å². The van der Waals surface area contributed by atoms with Crippen LogP contribution in [0.25, 0.3) is 0 Å². The quantitative estimate of drug-likeness (QED) is 0.683. The summed E-state index contributed by atoms with van der Waals surface area (Å²) in [5.41, 5.74) is 6.25. The Bertz CT molecular complexity index is 312. The number of anilines is 1. The molecule has 0 aliphatic rings. The molecule has 5 heteroatoms. The fourth-order valence-corrected chi connectivity index (χ4v) is 1.27. The van der Waals surface area contributed by atoms with Gasteiger partial charge in [0.05, 0.1) is 24.7 Å². The normalized spacial score (nSPS) is 10.1. The van der Waals surface area contributed by atoms with Crippen LogP contribution in [0.5, 0.6) is 0 Å². The van der Waals surface area contributed by atoms with Gasteiger partial charge >= 0.3 is 0 Å². The molecule has 0 aliphatic heterocycles. The zero-order chi connectivity index (χ0) is 11.8. The minimum absolute atomic E-state index is 0.410. The van der Waals surface area contributed by atoms with Crippen molar-refractivity contribution in [2.45, 2.75) is 6.54 Å². The standard InChI is InChI=1S/C11H18N4O/c1-3-4-15(5-6-16-2)11-9-13-10(7-12)8-14-11/h3,8-9H,1,4-7,12H2,2H3. The van der Waals surface area contributed by atoms with Gasteiger partial charge in [-0.2, -0.15) is 0 Å². The van der Waals surface area contributed by atoms with Crippen LogP contribution in [0.3, 0.4) is 0 Å². The lowest BCUT2D eigenvalue weighted by atomic mass is 10.4. The summed E-state index contributed by atoms with van der Waals surface area (Å²) in [6.07, 6.45) is 5.24. The smallest absolute Gasteiger partial charge is 0.147 e. The van der Waals surface area contributed by atoms with E-state index >= 15 is 0 Å². The number of rotatable bonds is 7. The van der Waals surface area contributed by atoms with Gasteiger partial charge < -0.3 is 15.4 Å². The van der Waals surface area contributed by atoms with E-state index in [1.54, 1.807) is 19.5 Å². The van der Waals surface area contributed by atoms with Crippen LogP contribution in [-0.2, 0) is 11.3 Å². The van der Waals surface area contributed by atoms with Crippen molar-refractivity contribution in [2.24, 2.45) is 5.73 Å². The molecule has 1 aromatic rings. The van der Waals surface area contributed by atoms with Crippen LogP contribution < -0.4 is 10.6 Å². The lowest BCUT2D eigenvalue weighted by molar-refractivity contribution is 0.205. The molecule has 0 fully saturated rings. The average Bonchev–Trinajstić information content (AvgIpc) is 2.35. The van der Waals surface area contributed by atoms with Gasteiger partial charge in [-0.05, 0) is 0 Å². The molecule has 1 aromatic heterocycles. The highest BCUT2D eigenvalue weighted by Crippen LogP contribution is 2.08. The molecule has 2 N–H and O–H groups in total. The summed E-state index contributed by atoms with van der Waals surface area (Å²) < 4.78 is 5.04. The van der Waals surface area contributed by atoms with Crippen LogP contribution in [0.15, 0.2) is 25.0 Å². The second kappa shape index (κ2) is 6.92. The van der Waals surface area contributed by atoms with Gasteiger partial charge in [-0.25, -0.2) is 4.98 Å². The van der Waals surface area contributed by atoms with E-state index in [-0.39, 0.29) is 0 Å². The fraction of sp³-hybridized carbons (Fsp3) is 0.455. The van der Waals surface area contributed by atoms with Gasteiger partial charge in [0.15, 0.2) is 0 Å². The maximum atomic E-state index is 5.46. The van der Waals surface area contributed by atoms with E-state index in [2.05, 4.69) is 16.5 Å². The van der Waals surface area contributed by atoms with Gasteiger partial charge in [0.2, 0.25) is 0 Å². The molecule has 0 saturated heterocycles. The zero-order valence-corrected chi connectivity index (χ0v) is 9.59. The van der Waals surface area contributed by atoms with Crippen molar-refractivity contribution >= 4 is 5.82 Å². The molecule has 0 bridgehead atoms. The molecular formula is C11H18N4O. The molecule has 1 heterocycles. The lowest BCUT2D eigenvalue weighted by Gasteiger charge is -2.21. The summed E-state index contributed by atoms with van der Waals surface area (Å²) in [5.74, 6) is 0.814. The number of ether oxygens (including phenoxy) is 1. The summed E-state index contributed by atoms with van der Waals surface area (Å²) in [4.78, 5) is 10.6. The third-order valence-electron chi connectivity index (χ3n) is 2.14. The van der Waals surface area contributed by atoms with E-state index in [1.165, 1.54) is 0 Å². The number of hydrogen-bond acceptors (Lipinski definition) is 5. The molecule has 0 radical (unpaired) electrons. The second-order valence-corrected chi connectivity index (χ2v) is 3.30. The first kappa shape index (κ1) is 12.6. The summed E-state index contributed by atoms with van der Waals surface area (Å²) >= 11 is 0. The van der Waals surface area contributed by atoms with Crippen molar-refractivity contribution in [1.82, 2.24) is 9.97 Å². The Morgan fingerprint density at radius 2 is 2.31 bits per heavy atom. The first-order valence-electron chi connectivity index (χ1n) is 5.17. The summed E-state index contributed by atoms with van der Waals surface area (Å²) in [6.45, 7) is 6.26. The van der Waals surface area contributed by atoms with E-state index in [4.69, 9.17) is 10.5 Å². The maximum Gasteiger partial charge on any atom is 0.147 e. The van der Waals surface area contributed by atoms with Gasteiger partial charge in [-0.1, -0.05) is 6.08 Å². The van der Waals surface area contributed by atoms with Gasteiger partial charge in [0.25, 0.3) is 0 Å². The van der Waals surface area contributed by atoms with E-state index in [9.17, 15) is 0 Å². The highest BCUT2D eigenvalue weighted by atomic mass is 16.5. The third kappa shape index (κ3) is 3.60. The minimum atomic E-state index is 0.410. The predicted molar refractivity (Wildman–Crippen MR) is 64.2 cm³/mol. The number of aromatic nitrogens is 2. The van der Waals surface area contributed by atoms with Gasteiger partial charge in [0.1, 0.15) is 5.82 Å². The molecule has 0 saturated carbocycles. The molecule has 1 rings (SSSR count). The Hall–Kier alpha value is -1.46. The molecule has 0 spiro atoms. The molecule has 88 valence electrons. The number of hydrogen-bond donors (Lipinski definition) is 1. The van der Waals surface area contributed by atoms with Crippen molar-refractivity contribution in [3.8, 4) is 0 Å². The van der Waals surface area contributed by atoms with Crippen molar-refractivity contribution in [3.05, 3.63) is 30.7 Å². The van der Waals surface area contributed by atoms with Crippen molar-refractivity contribution in [2.75, 3.05) is 31.7 Å². The van der Waals surface area contributed by atoms with E-state index in [1.807, 2.05) is 11.0 Å². The highest BCUT2D eigenvalue weighted by molar-refractivity contribution is 5.36. The second-order valence-electron chi connectivity index (χ2n) is 3.30. The predicted octanol–water partition coefficient (Wildman–Crippen LogP) is 0.574. The topological polar surface area (TPSA) is 64.3 Å². The Balaban J connectivity index is 2.70. The van der Waals surface area contributed by atoms with Crippen LogP contribution >= 0.6 is 0 Å². The SMILES string of the molecule is C=CCN(CCOC)c1cnc(CN)cn1. The van der Waals surface area contributed by atoms with Gasteiger partial charge in [-0.3, -0.25) is 4.98 Å². The Labute approximate surface area is 95.9 Å². The van der Waals surface area contributed by atoms with Crippen molar-refractivity contribution in [3.63, 3.8) is 0 Å². The first-order valence-corrected chi connectivity index (χ1v) is 5.17. The van der Waals surface area contributed by atoms with Crippen LogP contribution in [-0.4, -0.2) is 36.8 Å². The van der Waals surface area contributed by atoms with E-state index in [0.29, 0.717) is 13.2 Å². The van der Waals surface area contributed by atoms with Gasteiger partial charge in [0, 0.05) is 26.7 Å². The molecular weight excluding hydrogens is 204 g/mol. The summed E-state index contributed by atoms with van der Waals surface area (Å²) in [6, 6.07) is 0. The zero-order valence-electron chi connectivity index (χ0n) is 9.59. The fourth-order valence-electron chi connectivity index (χ4n) is 1.27. The number of methoxy groups -OCH3 is 1. The largest absolute Gasteiger partial charge is 0.383 e. The van der Waals surface area contributed by atoms with Crippen LogP contribution in [0.1, 0.15) is 5.69 Å². The van der Waals surface area contributed by atoms with Crippen LogP contribution in [0, 0.1) is 0 Å². The number of nitrogens with zero attached hydrogens (tertiary/aromatic N) is 3.